The molecule has 0 aliphatic rings. The third-order valence-electron chi connectivity index (χ3n) is 3.17. The van der Waals surface area contributed by atoms with Crippen molar-refractivity contribution in [1.29, 1.82) is 0 Å². The monoisotopic (exact) mass is 308 g/mol. The molecule has 21 heavy (non-hydrogen) atoms. The van der Waals surface area contributed by atoms with Gasteiger partial charge in [-0.05, 0) is 52.0 Å². The van der Waals surface area contributed by atoms with E-state index in [2.05, 4.69) is 10.3 Å². The van der Waals surface area contributed by atoms with Crippen molar-refractivity contribution in [3.05, 3.63) is 42.5 Å². The number of hydrogen-bond acceptors (Lipinski definition) is 5. The third kappa shape index (κ3) is 3.26. The SMILES string of the molecule is CC(Nc1ccc(S(=O)(=O)C(C)(C)C)nc1)c1ccco1. The summed E-state index contributed by atoms with van der Waals surface area (Å²) < 4.78 is 29.0. The summed E-state index contributed by atoms with van der Waals surface area (Å²) in [6, 6.07) is 6.92. The highest BCUT2D eigenvalue weighted by atomic mass is 32.2. The molecule has 0 bridgehead atoms. The van der Waals surface area contributed by atoms with Crippen LogP contribution in [0.4, 0.5) is 5.69 Å². The molecule has 0 radical (unpaired) electrons. The van der Waals surface area contributed by atoms with Crippen molar-refractivity contribution in [3.63, 3.8) is 0 Å². The molecule has 1 unspecified atom stereocenters. The van der Waals surface area contributed by atoms with E-state index in [-0.39, 0.29) is 11.1 Å². The molecule has 0 saturated heterocycles. The van der Waals surface area contributed by atoms with Gasteiger partial charge in [0.1, 0.15) is 5.76 Å². The Bertz CT molecular complexity index is 684. The van der Waals surface area contributed by atoms with Crippen molar-refractivity contribution >= 4 is 15.5 Å². The second-order valence-electron chi connectivity index (χ2n) is 5.88. The highest BCUT2D eigenvalue weighted by Crippen LogP contribution is 2.25. The highest BCUT2D eigenvalue weighted by Gasteiger charge is 2.31. The van der Waals surface area contributed by atoms with Gasteiger partial charge >= 0.3 is 0 Å². The normalized spacial score (nSPS) is 13.9. The number of nitrogens with one attached hydrogen (secondary N) is 1. The molecular formula is C15H20N2O3S. The minimum absolute atomic E-state index is 0.0214. The Kier molecular flexibility index (Phi) is 4.09. The summed E-state index contributed by atoms with van der Waals surface area (Å²) in [7, 11) is -3.42. The summed E-state index contributed by atoms with van der Waals surface area (Å²) in [4.78, 5) is 4.07. The van der Waals surface area contributed by atoms with Crippen molar-refractivity contribution in [1.82, 2.24) is 4.98 Å². The van der Waals surface area contributed by atoms with Crippen LogP contribution in [0.25, 0.3) is 0 Å². The number of pyridine rings is 1. The fourth-order valence-electron chi connectivity index (χ4n) is 1.80. The van der Waals surface area contributed by atoms with E-state index in [0.717, 1.165) is 11.4 Å². The van der Waals surface area contributed by atoms with Gasteiger partial charge in [-0.2, -0.15) is 0 Å². The lowest BCUT2D eigenvalue weighted by molar-refractivity contribution is 0.490. The number of rotatable bonds is 4. The third-order valence-corrected chi connectivity index (χ3v) is 5.58. The van der Waals surface area contributed by atoms with Crippen molar-refractivity contribution in [2.45, 2.75) is 43.5 Å². The lowest BCUT2D eigenvalue weighted by Crippen LogP contribution is -2.28. The van der Waals surface area contributed by atoms with Crippen molar-refractivity contribution < 1.29 is 12.8 Å². The largest absolute Gasteiger partial charge is 0.467 e. The maximum atomic E-state index is 12.3. The zero-order valence-corrected chi connectivity index (χ0v) is 13.4. The number of anilines is 1. The quantitative estimate of drug-likeness (QED) is 0.937. The summed E-state index contributed by atoms with van der Waals surface area (Å²) in [6.07, 6.45) is 3.14. The Morgan fingerprint density at radius 3 is 2.43 bits per heavy atom. The van der Waals surface area contributed by atoms with Crippen LogP contribution < -0.4 is 5.32 Å². The number of hydrogen-bond donors (Lipinski definition) is 1. The first-order valence-corrected chi connectivity index (χ1v) is 8.21. The first kappa shape index (κ1) is 15.6. The van der Waals surface area contributed by atoms with Crippen molar-refractivity contribution in [3.8, 4) is 0 Å². The summed E-state index contributed by atoms with van der Waals surface area (Å²) in [5, 5.41) is 3.30. The number of sulfone groups is 1. The smallest absolute Gasteiger partial charge is 0.200 e. The van der Waals surface area contributed by atoms with E-state index in [0.29, 0.717) is 0 Å². The van der Waals surface area contributed by atoms with Crippen molar-refractivity contribution in [2.24, 2.45) is 0 Å². The summed E-state index contributed by atoms with van der Waals surface area (Å²) in [5.41, 5.74) is 0.742. The number of aromatic nitrogens is 1. The molecule has 114 valence electrons. The van der Waals surface area contributed by atoms with Crippen LogP contribution in [0, 0.1) is 0 Å². The van der Waals surface area contributed by atoms with Crippen LogP contribution in [0.5, 0.6) is 0 Å². The fraction of sp³-hybridized carbons (Fsp3) is 0.400. The average molecular weight is 308 g/mol. The molecule has 2 heterocycles. The maximum absolute atomic E-state index is 12.3. The molecule has 2 aromatic heterocycles. The molecule has 0 spiro atoms. The molecule has 0 fully saturated rings. The Morgan fingerprint density at radius 1 is 1.24 bits per heavy atom. The second-order valence-corrected chi connectivity index (χ2v) is 8.53. The van der Waals surface area contributed by atoms with E-state index >= 15 is 0 Å². The van der Waals surface area contributed by atoms with Crippen LogP contribution in [-0.4, -0.2) is 18.1 Å². The van der Waals surface area contributed by atoms with E-state index < -0.39 is 14.6 Å². The van der Waals surface area contributed by atoms with Crippen molar-refractivity contribution in [2.75, 3.05) is 5.32 Å². The molecule has 2 aromatic rings. The predicted octanol–water partition coefficient (Wildman–Crippen LogP) is 3.42. The molecule has 5 nitrogen and oxygen atoms in total. The van der Waals surface area contributed by atoms with Gasteiger partial charge in [-0.25, -0.2) is 13.4 Å². The molecule has 0 amide bonds. The van der Waals surface area contributed by atoms with Gasteiger partial charge in [0, 0.05) is 0 Å². The van der Waals surface area contributed by atoms with Crippen LogP contribution in [0.15, 0.2) is 46.2 Å². The van der Waals surface area contributed by atoms with Gasteiger partial charge in [0.05, 0.1) is 28.9 Å². The van der Waals surface area contributed by atoms with Crippen LogP contribution >= 0.6 is 0 Å². The maximum Gasteiger partial charge on any atom is 0.200 e. The lowest BCUT2D eigenvalue weighted by atomic mass is 10.2. The molecule has 1 N–H and O–H groups in total. The van der Waals surface area contributed by atoms with Gasteiger partial charge in [-0.15, -0.1) is 0 Å². The first-order chi connectivity index (χ1) is 9.72. The van der Waals surface area contributed by atoms with Gasteiger partial charge in [0.15, 0.2) is 14.9 Å². The number of nitrogens with zero attached hydrogens (tertiary/aromatic N) is 1. The Balaban J connectivity index is 2.17. The molecule has 0 saturated carbocycles. The zero-order valence-electron chi connectivity index (χ0n) is 12.6. The lowest BCUT2D eigenvalue weighted by Gasteiger charge is -2.19. The Hall–Kier alpha value is -1.82. The van der Waals surface area contributed by atoms with E-state index in [9.17, 15) is 8.42 Å². The molecule has 0 aliphatic heterocycles. The topological polar surface area (TPSA) is 72.2 Å². The van der Waals surface area contributed by atoms with Gasteiger partial charge in [0.25, 0.3) is 0 Å². The van der Waals surface area contributed by atoms with E-state index in [1.807, 2.05) is 19.1 Å². The number of furan rings is 1. The van der Waals surface area contributed by atoms with Gasteiger partial charge < -0.3 is 9.73 Å². The van der Waals surface area contributed by atoms with E-state index in [1.54, 1.807) is 33.1 Å². The summed E-state index contributed by atoms with van der Waals surface area (Å²) >= 11 is 0. The van der Waals surface area contributed by atoms with Crippen LogP contribution in [0.3, 0.4) is 0 Å². The Labute approximate surface area is 125 Å². The zero-order chi connectivity index (χ0) is 15.7. The minimum atomic E-state index is -3.42. The Morgan fingerprint density at radius 2 is 1.95 bits per heavy atom. The molecule has 1 atom stereocenters. The molecular weight excluding hydrogens is 288 g/mol. The predicted molar refractivity (Wildman–Crippen MR) is 81.9 cm³/mol. The molecule has 6 heteroatoms. The van der Waals surface area contributed by atoms with Gasteiger partial charge in [0.2, 0.25) is 0 Å². The van der Waals surface area contributed by atoms with E-state index in [1.165, 1.54) is 12.3 Å². The van der Waals surface area contributed by atoms with Crippen LogP contribution in [0.2, 0.25) is 0 Å². The van der Waals surface area contributed by atoms with Gasteiger partial charge in [-0.3, -0.25) is 0 Å². The minimum Gasteiger partial charge on any atom is -0.467 e. The highest BCUT2D eigenvalue weighted by molar-refractivity contribution is 7.92. The second kappa shape index (κ2) is 5.52. The van der Waals surface area contributed by atoms with Crippen LogP contribution in [-0.2, 0) is 9.84 Å². The molecule has 0 aliphatic carbocycles. The standard InChI is InChI=1S/C15H20N2O3S/c1-11(13-6-5-9-20-13)17-12-7-8-14(16-10-12)21(18,19)15(2,3)4/h5-11,17H,1-4H3. The molecule has 0 aromatic carbocycles. The average Bonchev–Trinajstić information content (AvgIpc) is 2.92. The van der Waals surface area contributed by atoms with Crippen LogP contribution in [0.1, 0.15) is 39.5 Å². The van der Waals surface area contributed by atoms with E-state index in [4.69, 9.17) is 4.42 Å². The fourth-order valence-corrected chi connectivity index (χ4v) is 2.86. The molecule has 2 rings (SSSR count). The summed E-state index contributed by atoms with van der Waals surface area (Å²) in [5.74, 6) is 0.807. The van der Waals surface area contributed by atoms with Gasteiger partial charge in [-0.1, -0.05) is 0 Å². The first-order valence-electron chi connectivity index (χ1n) is 6.72. The summed E-state index contributed by atoms with van der Waals surface area (Å²) in [6.45, 7) is 6.94.